The number of carbonyl (C=O) groups excluding carboxylic acids is 1. The van der Waals surface area contributed by atoms with E-state index in [1.807, 2.05) is 13.8 Å². The summed E-state index contributed by atoms with van der Waals surface area (Å²) in [4.78, 5) is 26.4. The zero-order valence-electron chi connectivity index (χ0n) is 12.4. The van der Waals surface area contributed by atoms with E-state index in [9.17, 15) is 9.59 Å². The molecule has 0 spiro atoms. The van der Waals surface area contributed by atoms with Crippen molar-refractivity contribution in [3.63, 3.8) is 0 Å². The maximum absolute atomic E-state index is 12.0. The van der Waals surface area contributed by atoms with Crippen molar-refractivity contribution in [2.24, 2.45) is 0 Å². The van der Waals surface area contributed by atoms with Crippen LogP contribution in [0.25, 0.3) is 0 Å². The van der Waals surface area contributed by atoms with E-state index in [4.69, 9.17) is 9.47 Å². The Hall–Kier alpha value is -2.70. The number of aromatic nitrogens is 2. The van der Waals surface area contributed by atoms with Crippen molar-refractivity contribution in [3.8, 4) is 11.5 Å². The number of hydrogen-bond donors (Lipinski definition) is 2. The van der Waals surface area contributed by atoms with Crippen LogP contribution in [0.15, 0.2) is 23.0 Å². The van der Waals surface area contributed by atoms with E-state index < -0.39 is 0 Å². The first kappa shape index (κ1) is 14.2. The van der Waals surface area contributed by atoms with Gasteiger partial charge in [0.1, 0.15) is 0 Å². The fourth-order valence-electron chi connectivity index (χ4n) is 2.35. The molecule has 0 unspecified atom stereocenters. The molecule has 1 aromatic carbocycles. The summed E-state index contributed by atoms with van der Waals surface area (Å²) in [7, 11) is 0. The predicted octanol–water partition coefficient (Wildman–Crippen LogP) is 1.55. The van der Waals surface area contributed by atoms with Crippen molar-refractivity contribution >= 4 is 11.6 Å². The van der Waals surface area contributed by atoms with Crippen LogP contribution in [-0.2, 0) is 11.3 Å². The second-order valence-electron chi connectivity index (χ2n) is 5.16. The van der Waals surface area contributed by atoms with Crippen LogP contribution in [0.5, 0.6) is 11.5 Å². The molecule has 1 aliphatic heterocycles. The van der Waals surface area contributed by atoms with Gasteiger partial charge in [0.25, 0.3) is 0 Å². The summed E-state index contributed by atoms with van der Waals surface area (Å²) in [6.07, 6.45) is 0.215. The number of anilines is 1. The van der Waals surface area contributed by atoms with Gasteiger partial charge < -0.3 is 19.8 Å². The molecule has 0 fully saturated rings. The third-order valence-corrected chi connectivity index (χ3v) is 3.71. The number of aromatic amines is 1. The van der Waals surface area contributed by atoms with Gasteiger partial charge in [-0.2, -0.15) is 0 Å². The monoisotopic (exact) mass is 303 g/mol. The summed E-state index contributed by atoms with van der Waals surface area (Å²) >= 11 is 0. The molecule has 0 bridgehead atoms. The van der Waals surface area contributed by atoms with Crippen molar-refractivity contribution in [1.29, 1.82) is 0 Å². The number of rotatable bonds is 4. The number of fused-ring (bicyclic) bond motifs is 1. The first-order valence-corrected chi connectivity index (χ1v) is 7.00. The molecule has 7 heteroatoms. The molecule has 7 nitrogen and oxygen atoms in total. The topological polar surface area (TPSA) is 85.4 Å². The van der Waals surface area contributed by atoms with Crippen LogP contribution < -0.4 is 20.5 Å². The number of nitrogens with zero attached hydrogens (tertiary/aromatic N) is 1. The van der Waals surface area contributed by atoms with Crippen LogP contribution in [0.1, 0.15) is 17.8 Å². The molecule has 1 aromatic heterocycles. The Labute approximate surface area is 126 Å². The van der Waals surface area contributed by atoms with E-state index in [2.05, 4.69) is 10.3 Å². The SMILES string of the molecule is Cc1[nH]c(=O)n(CCC(=O)Nc2ccc3c(c2)OCO3)c1C. The van der Waals surface area contributed by atoms with E-state index in [0.717, 1.165) is 11.4 Å². The number of imidazole rings is 1. The van der Waals surface area contributed by atoms with Gasteiger partial charge in [0.15, 0.2) is 11.5 Å². The number of benzene rings is 1. The zero-order chi connectivity index (χ0) is 15.7. The molecular weight excluding hydrogens is 286 g/mol. The lowest BCUT2D eigenvalue weighted by molar-refractivity contribution is -0.116. The second kappa shape index (κ2) is 5.59. The summed E-state index contributed by atoms with van der Waals surface area (Å²) in [5, 5.41) is 2.79. The molecule has 0 atom stereocenters. The van der Waals surface area contributed by atoms with Gasteiger partial charge in [0, 0.05) is 36.1 Å². The van der Waals surface area contributed by atoms with Crippen molar-refractivity contribution in [1.82, 2.24) is 9.55 Å². The van der Waals surface area contributed by atoms with E-state index in [0.29, 0.717) is 23.7 Å². The summed E-state index contributed by atoms with van der Waals surface area (Å²) in [5.41, 5.74) is 2.12. The number of carbonyl (C=O) groups is 1. The summed E-state index contributed by atoms with van der Waals surface area (Å²) in [5.74, 6) is 1.12. The van der Waals surface area contributed by atoms with Gasteiger partial charge in [-0.3, -0.25) is 9.36 Å². The maximum Gasteiger partial charge on any atom is 0.325 e. The molecule has 2 aromatic rings. The van der Waals surface area contributed by atoms with Gasteiger partial charge in [-0.05, 0) is 26.0 Å². The molecule has 0 radical (unpaired) electrons. The molecule has 0 aliphatic carbocycles. The van der Waals surface area contributed by atoms with Crippen LogP contribution >= 0.6 is 0 Å². The Morgan fingerprint density at radius 3 is 2.82 bits per heavy atom. The van der Waals surface area contributed by atoms with Gasteiger partial charge in [-0.15, -0.1) is 0 Å². The lowest BCUT2D eigenvalue weighted by atomic mass is 10.2. The summed E-state index contributed by atoms with van der Waals surface area (Å²) < 4.78 is 12.0. The van der Waals surface area contributed by atoms with E-state index in [-0.39, 0.29) is 24.8 Å². The van der Waals surface area contributed by atoms with Crippen molar-refractivity contribution < 1.29 is 14.3 Å². The van der Waals surface area contributed by atoms with Gasteiger partial charge in [-0.1, -0.05) is 0 Å². The Morgan fingerprint density at radius 1 is 1.32 bits per heavy atom. The van der Waals surface area contributed by atoms with E-state index in [1.54, 1.807) is 22.8 Å². The fraction of sp³-hybridized carbons (Fsp3) is 0.333. The largest absolute Gasteiger partial charge is 0.454 e. The predicted molar refractivity (Wildman–Crippen MR) is 80.3 cm³/mol. The molecule has 3 rings (SSSR count). The maximum atomic E-state index is 12.0. The third-order valence-electron chi connectivity index (χ3n) is 3.71. The molecule has 2 N–H and O–H groups in total. The zero-order valence-corrected chi connectivity index (χ0v) is 12.4. The molecule has 22 heavy (non-hydrogen) atoms. The highest BCUT2D eigenvalue weighted by Gasteiger charge is 2.14. The van der Waals surface area contributed by atoms with Crippen LogP contribution in [0.2, 0.25) is 0 Å². The van der Waals surface area contributed by atoms with Crippen molar-refractivity contribution in [2.75, 3.05) is 12.1 Å². The molecular formula is C15H17N3O4. The van der Waals surface area contributed by atoms with Gasteiger partial charge in [0.2, 0.25) is 12.7 Å². The third kappa shape index (κ3) is 2.69. The lowest BCUT2D eigenvalue weighted by Gasteiger charge is -2.07. The molecule has 1 aliphatic rings. The van der Waals surface area contributed by atoms with Crippen molar-refractivity contribution in [3.05, 3.63) is 40.1 Å². The van der Waals surface area contributed by atoms with Crippen LogP contribution in [0.4, 0.5) is 5.69 Å². The first-order chi connectivity index (χ1) is 10.5. The summed E-state index contributed by atoms with van der Waals surface area (Å²) in [6, 6.07) is 5.23. The van der Waals surface area contributed by atoms with Crippen LogP contribution in [-0.4, -0.2) is 22.3 Å². The lowest BCUT2D eigenvalue weighted by Crippen LogP contribution is -2.22. The molecule has 0 saturated carbocycles. The minimum Gasteiger partial charge on any atom is -0.454 e. The number of H-pyrrole nitrogens is 1. The number of ether oxygens (including phenoxy) is 2. The minimum absolute atomic E-state index is 0.163. The Kier molecular flexibility index (Phi) is 3.62. The van der Waals surface area contributed by atoms with Crippen LogP contribution in [0, 0.1) is 13.8 Å². The highest BCUT2D eigenvalue weighted by molar-refractivity contribution is 5.91. The quantitative estimate of drug-likeness (QED) is 0.897. The minimum atomic E-state index is -0.189. The van der Waals surface area contributed by atoms with Gasteiger partial charge >= 0.3 is 5.69 Å². The Balaban J connectivity index is 1.62. The number of aryl methyl sites for hydroxylation is 1. The second-order valence-corrected chi connectivity index (χ2v) is 5.16. The summed E-state index contributed by atoms with van der Waals surface area (Å²) in [6.45, 7) is 4.22. The average Bonchev–Trinajstić information content (AvgIpc) is 3.02. The van der Waals surface area contributed by atoms with Gasteiger partial charge in [0.05, 0.1) is 0 Å². The number of amides is 1. The molecule has 1 amide bonds. The van der Waals surface area contributed by atoms with E-state index >= 15 is 0 Å². The number of nitrogens with one attached hydrogen (secondary N) is 2. The first-order valence-electron chi connectivity index (χ1n) is 7.00. The van der Waals surface area contributed by atoms with Gasteiger partial charge in [-0.25, -0.2) is 4.79 Å². The Bertz CT molecular complexity index is 776. The van der Waals surface area contributed by atoms with Crippen molar-refractivity contribution in [2.45, 2.75) is 26.8 Å². The molecule has 116 valence electrons. The normalized spacial score (nSPS) is 12.5. The smallest absolute Gasteiger partial charge is 0.325 e. The molecule has 2 heterocycles. The number of hydrogen-bond acceptors (Lipinski definition) is 4. The highest BCUT2D eigenvalue weighted by atomic mass is 16.7. The standard InChI is InChI=1S/C15H17N3O4/c1-9-10(2)18(15(20)16-9)6-5-14(19)17-11-3-4-12-13(7-11)22-8-21-12/h3-4,7H,5-6,8H2,1-2H3,(H,16,20)(H,17,19). The molecule has 0 saturated heterocycles. The van der Waals surface area contributed by atoms with E-state index in [1.165, 1.54) is 0 Å². The average molecular weight is 303 g/mol. The van der Waals surface area contributed by atoms with Crippen LogP contribution in [0.3, 0.4) is 0 Å². The highest BCUT2D eigenvalue weighted by Crippen LogP contribution is 2.34. The Morgan fingerprint density at radius 2 is 2.09 bits per heavy atom. The fourth-order valence-corrected chi connectivity index (χ4v) is 2.35.